The summed E-state index contributed by atoms with van der Waals surface area (Å²) in [5.74, 6) is 0.809. The normalized spacial score (nSPS) is 15.3. The fraction of sp³-hybridized carbons (Fsp3) is 0.158. The van der Waals surface area contributed by atoms with Gasteiger partial charge in [-0.15, -0.1) is 0 Å². The molecule has 0 aliphatic carbocycles. The minimum Gasteiger partial charge on any atom is -0.496 e. The molecule has 1 aliphatic heterocycles. The van der Waals surface area contributed by atoms with Gasteiger partial charge < -0.3 is 10.1 Å². The number of methoxy groups -OCH3 is 1. The van der Waals surface area contributed by atoms with Crippen LogP contribution in [0, 0.1) is 5.82 Å². The molecule has 0 spiro atoms. The molecule has 1 aliphatic rings. The van der Waals surface area contributed by atoms with E-state index < -0.39 is 0 Å². The van der Waals surface area contributed by atoms with Crippen LogP contribution in [0.15, 0.2) is 59.2 Å². The van der Waals surface area contributed by atoms with Gasteiger partial charge in [0.1, 0.15) is 23.1 Å². The van der Waals surface area contributed by atoms with Crippen LogP contribution in [0.5, 0.6) is 5.75 Å². The second kappa shape index (κ2) is 7.08. The lowest BCUT2D eigenvalue weighted by molar-refractivity contribution is -0.115. The molecule has 2 aromatic carbocycles. The van der Waals surface area contributed by atoms with E-state index >= 15 is 0 Å². The van der Waals surface area contributed by atoms with Gasteiger partial charge in [0.15, 0.2) is 0 Å². The van der Waals surface area contributed by atoms with Crippen LogP contribution < -0.4 is 10.1 Å². The highest BCUT2D eigenvalue weighted by Crippen LogP contribution is 2.20. The third-order valence-electron chi connectivity index (χ3n) is 3.72. The average Bonchev–Trinajstić information content (AvgIpc) is 2.93. The number of para-hydroxylation sites is 1. The summed E-state index contributed by atoms with van der Waals surface area (Å²) in [5.41, 5.74) is 1.95. The number of nitrogens with one attached hydrogen (secondary N) is 1. The van der Waals surface area contributed by atoms with Crippen LogP contribution in [0.2, 0.25) is 0 Å². The van der Waals surface area contributed by atoms with Gasteiger partial charge in [-0.2, -0.15) is 0 Å². The van der Waals surface area contributed by atoms with Gasteiger partial charge in [-0.1, -0.05) is 30.3 Å². The lowest BCUT2D eigenvalue weighted by Gasteiger charge is -2.07. The van der Waals surface area contributed by atoms with Crippen LogP contribution in [-0.2, 0) is 11.2 Å². The molecule has 1 amide bonds. The second-order valence-corrected chi connectivity index (χ2v) is 5.41. The number of carbonyl (C=O) groups is 1. The summed E-state index contributed by atoms with van der Waals surface area (Å²) < 4.78 is 18.5. The number of aryl methyl sites for hydroxylation is 1. The van der Waals surface area contributed by atoms with Crippen LogP contribution in [0.3, 0.4) is 0 Å². The van der Waals surface area contributed by atoms with Crippen molar-refractivity contribution in [2.45, 2.75) is 12.8 Å². The Hall–Kier alpha value is -2.95. The van der Waals surface area contributed by atoms with Gasteiger partial charge in [-0.05, 0) is 41.8 Å². The van der Waals surface area contributed by atoms with Gasteiger partial charge in [0.25, 0.3) is 5.91 Å². The molecule has 1 N–H and O–H groups in total. The van der Waals surface area contributed by atoms with Crippen molar-refractivity contribution in [3.05, 3.63) is 71.2 Å². The Morgan fingerprint density at radius 1 is 1.17 bits per heavy atom. The average molecular weight is 324 g/mol. The minimum absolute atomic E-state index is 0.269. The Balaban J connectivity index is 1.72. The van der Waals surface area contributed by atoms with Crippen molar-refractivity contribution in [3.8, 4) is 5.75 Å². The van der Waals surface area contributed by atoms with E-state index in [4.69, 9.17) is 4.74 Å². The number of benzene rings is 2. The number of amides is 1. The number of aliphatic imine (C=N–C) groups is 1. The molecule has 0 bridgehead atoms. The van der Waals surface area contributed by atoms with E-state index in [1.165, 1.54) is 12.1 Å². The second-order valence-electron chi connectivity index (χ2n) is 5.41. The highest BCUT2D eigenvalue weighted by atomic mass is 19.1. The van der Waals surface area contributed by atoms with Crippen LogP contribution >= 0.6 is 0 Å². The van der Waals surface area contributed by atoms with Crippen molar-refractivity contribution in [2.24, 2.45) is 4.99 Å². The zero-order chi connectivity index (χ0) is 16.9. The lowest BCUT2D eigenvalue weighted by Crippen LogP contribution is -2.24. The van der Waals surface area contributed by atoms with Crippen molar-refractivity contribution in [3.63, 3.8) is 0 Å². The smallest absolute Gasteiger partial charge is 0.275 e. The zero-order valence-corrected chi connectivity index (χ0v) is 13.3. The molecular formula is C19H17FN2O2. The number of amidine groups is 1. The van der Waals surface area contributed by atoms with Crippen molar-refractivity contribution in [2.75, 3.05) is 7.11 Å². The standard InChI is InChI=1S/C19H17FN2O2/c1-24-17-8-3-2-6-14(17)9-10-18-21-16(19(23)22-18)12-13-5-4-7-15(20)11-13/h2-8,11-12H,9-10H2,1H3,(H,21,22,23)/b16-12+. The van der Waals surface area contributed by atoms with Crippen LogP contribution in [0.25, 0.3) is 6.08 Å². The third kappa shape index (κ3) is 3.68. The van der Waals surface area contributed by atoms with E-state index in [2.05, 4.69) is 10.3 Å². The maximum atomic E-state index is 13.2. The van der Waals surface area contributed by atoms with Crippen molar-refractivity contribution in [1.82, 2.24) is 5.32 Å². The molecular weight excluding hydrogens is 307 g/mol. The number of hydrogen-bond donors (Lipinski definition) is 1. The molecule has 5 heteroatoms. The lowest BCUT2D eigenvalue weighted by atomic mass is 10.1. The summed E-state index contributed by atoms with van der Waals surface area (Å²) in [6, 6.07) is 13.8. The Morgan fingerprint density at radius 2 is 2.00 bits per heavy atom. The van der Waals surface area contributed by atoms with Gasteiger partial charge in [0.05, 0.1) is 7.11 Å². The molecule has 0 radical (unpaired) electrons. The summed E-state index contributed by atoms with van der Waals surface area (Å²) in [5, 5.41) is 2.75. The molecule has 4 nitrogen and oxygen atoms in total. The molecule has 0 atom stereocenters. The van der Waals surface area contributed by atoms with Gasteiger partial charge >= 0.3 is 0 Å². The quantitative estimate of drug-likeness (QED) is 0.858. The predicted octanol–water partition coefficient (Wildman–Crippen LogP) is 3.34. The number of carbonyl (C=O) groups excluding carboxylic acids is 1. The van der Waals surface area contributed by atoms with Gasteiger partial charge in [0, 0.05) is 6.42 Å². The summed E-state index contributed by atoms with van der Waals surface area (Å²) >= 11 is 0. The third-order valence-corrected chi connectivity index (χ3v) is 3.72. The minimum atomic E-state index is -0.344. The highest BCUT2D eigenvalue weighted by Gasteiger charge is 2.20. The first-order chi connectivity index (χ1) is 11.7. The van der Waals surface area contributed by atoms with Crippen molar-refractivity contribution >= 4 is 17.8 Å². The highest BCUT2D eigenvalue weighted by molar-refractivity contribution is 6.14. The zero-order valence-electron chi connectivity index (χ0n) is 13.3. The Morgan fingerprint density at radius 3 is 2.79 bits per heavy atom. The Bertz CT molecular complexity index is 828. The fourth-order valence-corrected chi connectivity index (χ4v) is 2.55. The Kier molecular flexibility index (Phi) is 4.70. The topological polar surface area (TPSA) is 50.7 Å². The maximum Gasteiger partial charge on any atom is 0.275 e. The number of rotatable bonds is 5. The van der Waals surface area contributed by atoms with Gasteiger partial charge in [-0.3, -0.25) is 4.79 Å². The molecule has 122 valence electrons. The summed E-state index contributed by atoms with van der Waals surface area (Å²) in [6.45, 7) is 0. The fourth-order valence-electron chi connectivity index (χ4n) is 2.55. The van der Waals surface area contributed by atoms with Crippen molar-refractivity contribution < 1.29 is 13.9 Å². The van der Waals surface area contributed by atoms with Crippen molar-refractivity contribution in [1.29, 1.82) is 0 Å². The van der Waals surface area contributed by atoms with E-state index in [1.54, 1.807) is 25.3 Å². The SMILES string of the molecule is COc1ccccc1CCC1=N/C(=C/c2cccc(F)c2)C(=O)N1. The van der Waals surface area contributed by atoms with Crippen LogP contribution in [-0.4, -0.2) is 18.9 Å². The van der Waals surface area contributed by atoms with E-state index in [9.17, 15) is 9.18 Å². The van der Waals surface area contributed by atoms with Gasteiger partial charge in [0.2, 0.25) is 0 Å². The van der Waals surface area contributed by atoms with Crippen LogP contribution in [0.4, 0.5) is 4.39 Å². The first-order valence-corrected chi connectivity index (χ1v) is 7.64. The monoisotopic (exact) mass is 324 g/mol. The van der Waals surface area contributed by atoms with E-state index in [0.717, 1.165) is 11.3 Å². The largest absolute Gasteiger partial charge is 0.496 e. The summed E-state index contributed by atoms with van der Waals surface area (Å²) in [6.07, 6.45) is 2.87. The maximum absolute atomic E-state index is 13.2. The molecule has 2 aromatic rings. The number of nitrogens with zero attached hydrogens (tertiary/aromatic N) is 1. The molecule has 0 saturated heterocycles. The summed E-state index contributed by atoms with van der Waals surface area (Å²) in [4.78, 5) is 16.3. The predicted molar refractivity (Wildman–Crippen MR) is 91.3 cm³/mol. The molecule has 0 fully saturated rings. The molecule has 0 aromatic heterocycles. The number of ether oxygens (including phenoxy) is 1. The molecule has 0 unspecified atom stereocenters. The van der Waals surface area contributed by atoms with E-state index in [-0.39, 0.29) is 17.4 Å². The Labute approximate surface area is 139 Å². The van der Waals surface area contributed by atoms with Crippen LogP contribution in [0.1, 0.15) is 17.5 Å². The number of halogens is 1. The van der Waals surface area contributed by atoms with E-state index in [1.807, 2.05) is 24.3 Å². The summed E-state index contributed by atoms with van der Waals surface area (Å²) in [7, 11) is 1.63. The molecule has 1 heterocycles. The number of hydrogen-bond acceptors (Lipinski definition) is 3. The first-order valence-electron chi connectivity index (χ1n) is 7.64. The van der Waals surface area contributed by atoms with E-state index in [0.29, 0.717) is 24.2 Å². The van der Waals surface area contributed by atoms with Gasteiger partial charge in [-0.25, -0.2) is 9.38 Å². The first kappa shape index (κ1) is 15.9. The molecule has 24 heavy (non-hydrogen) atoms. The molecule has 3 rings (SSSR count). The molecule has 0 saturated carbocycles.